The first-order valence-corrected chi connectivity index (χ1v) is 7.41. The third-order valence-corrected chi connectivity index (χ3v) is 4.05. The van der Waals surface area contributed by atoms with Crippen LogP contribution in [0.2, 0.25) is 0 Å². The predicted octanol–water partition coefficient (Wildman–Crippen LogP) is 4.12. The minimum atomic E-state index is 0.0547. The van der Waals surface area contributed by atoms with E-state index < -0.39 is 0 Å². The van der Waals surface area contributed by atoms with Gasteiger partial charge in [-0.25, -0.2) is 0 Å². The first kappa shape index (κ1) is 14.9. The zero-order valence-corrected chi connectivity index (χ0v) is 13.0. The molecule has 0 radical (unpaired) electrons. The zero-order chi connectivity index (χ0) is 14.8. The van der Waals surface area contributed by atoms with Crippen molar-refractivity contribution < 1.29 is 9.53 Å². The minimum Gasteiger partial charge on any atom is -0.495 e. The Hall–Kier alpha value is -1.51. The maximum atomic E-state index is 12.3. The van der Waals surface area contributed by atoms with Gasteiger partial charge in [-0.1, -0.05) is 39.7 Å². The van der Waals surface area contributed by atoms with Crippen LogP contribution in [-0.2, 0) is 10.2 Å². The Morgan fingerprint density at radius 1 is 1.25 bits per heavy atom. The van der Waals surface area contributed by atoms with E-state index in [1.807, 2.05) is 12.1 Å². The molecule has 0 bridgehead atoms. The van der Waals surface area contributed by atoms with Gasteiger partial charge in [0.15, 0.2) is 0 Å². The second-order valence-corrected chi connectivity index (χ2v) is 6.64. The summed E-state index contributed by atoms with van der Waals surface area (Å²) >= 11 is 0. The maximum Gasteiger partial charge on any atom is 0.227 e. The number of ether oxygens (including phenoxy) is 1. The topological polar surface area (TPSA) is 38.3 Å². The van der Waals surface area contributed by atoms with Crippen LogP contribution in [0.15, 0.2) is 18.2 Å². The number of hydrogen-bond donors (Lipinski definition) is 1. The summed E-state index contributed by atoms with van der Waals surface area (Å²) in [6, 6.07) is 6.03. The molecule has 0 atom stereocenters. The van der Waals surface area contributed by atoms with Crippen molar-refractivity contribution >= 4 is 11.6 Å². The number of carbonyl (C=O) groups excluding carboxylic acids is 1. The fourth-order valence-corrected chi connectivity index (χ4v) is 2.69. The summed E-state index contributed by atoms with van der Waals surface area (Å²) in [5.74, 6) is 1.02. The summed E-state index contributed by atoms with van der Waals surface area (Å²) in [5.41, 5.74) is 2.04. The van der Waals surface area contributed by atoms with Crippen molar-refractivity contribution in [2.75, 3.05) is 12.4 Å². The molecular weight excluding hydrogens is 250 g/mol. The number of hydrogen-bond acceptors (Lipinski definition) is 2. The molecule has 0 unspecified atom stereocenters. The van der Waals surface area contributed by atoms with Crippen LogP contribution in [-0.4, -0.2) is 13.0 Å². The van der Waals surface area contributed by atoms with E-state index in [0.29, 0.717) is 0 Å². The van der Waals surface area contributed by atoms with Crippen LogP contribution >= 0.6 is 0 Å². The third-order valence-electron chi connectivity index (χ3n) is 4.05. The summed E-state index contributed by atoms with van der Waals surface area (Å²) in [6.07, 6.45) is 4.34. The molecule has 1 aliphatic carbocycles. The molecule has 1 aromatic carbocycles. The molecule has 0 heterocycles. The highest BCUT2D eigenvalue weighted by atomic mass is 16.5. The Kier molecular flexibility index (Phi) is 4.36. The second-order valence-electron chi connectivity index (χ2n) is 6.64. The van der Waals surface area contributed by atoms with E-state index in [-0.39, 0.29) is 17.2 Å². The van der Waals surface area contributed by atoms with Crippen LogP contribution < -0.4 is 10.1 Å². The average Bonchev–Trinajstić information content (AvgIpc) is 2.91. The van der Waals surface area contributed by atoms with Gasteiger partial charge in [0.05, 0.1) is 12.8 Å². The summed E-state index contributed by atoms with van der Waals surface area (Å²) in [7, 11) is 1.64. The third kappa shape index (κ3) is 3.33. The highest BCUT2D eigenvalue weighted by Crippen LogP contribution is 2.33. The summed E-state index contributed by atoms with van der Waals surface area (Å²) in [6.45, 7) is 6.49. The fourth-order valence-electron chi connectivity index (χ4n) is 2.69. The Morgan fingerprint density at radius 3 is 2.45 bits per heavy atom. The minimum absolute atomic E-state index is 0.0547. The van der Waals surface area contributed by atoms with Gasteiger partial charge in [-0.2, -0.15) is 0 Å². The molecule has 3 heteroatoms. The molecule has 0 saturated heterocycles. The van der Waals surface area contributed by atoms with E-state index in [0.717, 1.165) is 37.1 Å². The maximum absolute atomic E-state index is 12.3. The molecule has 0 aliphatic heterocycles. The van der Waals surface area contributed by atoms with Crippen LogP contribution in [0.25, 0.3) is 0 Å². The highest BCUT2D eigenvalue weighted by molar-refractivity contribution is 5.94. The summed E-state index contributed by atoms with van der Waals surface area (Å²) in [4.78, 5) is 12.3. The Bertz CT molecular complexity index is 482. The van der Waals surface area contributed by atoms with Gasteiger partial charge in [-0.15, -0.1) is 0 Å². The van der Waals surface area contributed by atoms with Gasteiger partial charge in [0.1, 0.15) is 5.75 Å². The standard InChI is InChI=1S/C17H25NO2/c1-17(2,3)13-9-10-15(20-4)14(11-13)18-16(19)12-7-5-6-8-12/h9-12H,5-8H2,1-4H3,(H,18,19). The predicted molar refractivity (Wildman–Crippen MR) is 82.3 cm³/mol. The first-order valence-electron chi connectivity index (χ1n) is 7.41. The van der Waals surface area contributed by atoms with Crippen molar-refractivity contribution in [1.82, 2.24) is 0 Å². The SMILES string of the molecule is COc1ccc(C(C)(C)C)cc1NC(=O)C1CCCC1. The van der Waals surface area contributed by atoms with Gasteiger partial charge < -0.3 is 10.1 Å². The largest absolute Gasteiger partial charge is 0.495 e. The van der Waals surface area contributed by atoms with E-state index in [9.17, 15) is 4.79 Å². The van der Waals surface area contributed by atoms with Crippen molar-refractivity contribution in [3.8, 4) is 5.75 Å². The van der Waals surface area contributed by atoms with Crippen LogP contribution in [0.4, 0.5) is 5.69 Å². The van der Waals surface area contributed by atoms with Crippen LogP contribution in [0, 0.1) is 5.92 Å². The van der Waals surface area contributed by atoms with Crippen molar-refractivity contribution in [2.45, 2.75) is 51.9 Å². The second kappa shape index (κ2) is 5.86. The molecule has 3 nitrogen and oxygen atoms in total. The molecule has 2 rings (SSSR count). The summed E-state index contributed by atoms with van der Waals surface area (Å²) < 4.78 is 5.36. The number of anilines is 1. The lowest BCUT2D eigenvalue weighted by molar-refractivity contribution is -0.119. The number of amides is 1. The molecule has 1 saturated carbocycles. The Balaban J connectivity index is 2.22. The lowest BCUT2D eigenvalue weighted by Gasteiger charge is -2.21. The lowest BCUT2D eigenvalue weighted by atomic mass is 9.86. The number of benzene rings is 1. The van der Waals surface area contributed by atoms with Crippen molar-refractivity contribution in [3.05, 3.63) is 23.8 Å². The van der Waals surface area contributed by atoms with Gasteiger partial charge in [-0.3, -0.25) is 4.79 Å². The molecule has 1 amide bonds. The quantitative estimate of drug-likeness (QED) is 0.901. The normalized spacial score (nSPS) is 16.2. The fraction of sp³-hybridized carbons (Fsp3) is 0.588. The van der Waals surface area contributed by atoms with Gasteiger partial charge in [0, 0.05) is 5.92 Å². The van der Waals surface area contributed by atoms with E-state index in [4.69, 9.17) is 4.74 Å². The molecule has 110 valence electrons. The number of rotatable bonds is 3. The van der Waals surface area contributed by atoms with Gasteiger partial charge in [0.25, 0.3) is 0 Å². The van der Waals surface area contributed by atoms with Gasteiger partial charge >= 0.3 is 0 Å². The van der Waals surface area contributed by atoms with Crippen molar-refractivity contribution in [1.29, 1.82) is 0 Å². The zero-order valence-electron chi connectivity index (χ0n) is 13.0. The molecule has 1 fully saturated rings. The number of nitrogens with one attached hydrogen (secondary N) is 1. The van der Waals surface area contributed by atoms with Crippen molar-refractivity contribution in [2.24, 2.45) is 5.92 Å². The number of methoxy groups -OCH3 is 1. The average molecular weight is 275 g/mol. The smallest absolute Gasteiger partial charge is 0.227 e. The van der Waals surface area contributed by atoms with Crippen molar-refractivity contribution in [3.63, 3.8) is 0 Å². The molecular formula is C17H25NO2. The monoisotopic (exact) mass is 275 g/mol. The van der Waals surface area contributed by atoms with Crippen LogP contribution in [0.3, 0.4) is 0 Å². The molecule has 0 aromatic heterocycles. The Morgan fingerprint density at radius 2 is 1.90 bits per heavy atom. The van der Waals surface area contributed by atoms with E-state index in [1.165, 1.54) is 5.56 Å². The van der Waals surface area contributed by atoms with E-state index >= 15 is 0 Å². The molecule has 0 spiro atoms. The van der Waals surface area contributed by atoms with Gasteiger partial charge in [0.2, 0.25) is 5.91 Å². The highest BCUT2D eigenvalue weighted by Gasteiger charge is 2.24. The molecule has 1 aromatic rings. The van der Waals surface area contributed by atoms with E-state index in [2.05, 4.69) is 32.2 Å². The van der Waals surface area contributed by atoms with Crippen LogP contribution in [0.1, 0.15) is 52.0 Å². The Labute approximate surface area is 121 Å². The van der Waals surface area contributed by atoms with E-state index in [1.54, 1.807) is 7.11 Å². The lowest BCUT2D eigenvalue weighted by Crippen LogP contribution is -2.21. The summed E-state index contributed by atoms with van der Waals surface area (Å²) in [5, 5.41) is 3.05. The molecule has 20 heavy (non-hydrogen) atoms. The van der Waals surface area contributed by atoms with Gasteiger partial charge in [-0.05, 0) is 36.0 Å². The number of carbonyl (C=O) groups is 1. The molecule has 1 N–H and O–H groups in total. The first-order chi connectivity index (χ1) is 9.41. The van der Waals surface area contributed by atoms with Crippen LogP contribution in [0.5, 0.6) is 5.75 Å². The molecule has 1 aliphatic rings.